The Morgan fingerprint density at radius 1 is 1.25 bits per heavy atom. The highest BCUT2D eigenvalue weighted by atomic mass is 16.7. The number of carbonyl (C=O) groups is 2. The van der Waals surface area contributed by atoms with Crippen LogP contribution >= 0.6 is 0 Å². The molecule has 0 aliphatic carbocycles. The van der Waals surface area contributed by atoms with Crippen LogP contribution in [0.4, 0.5) is 4.79 Å². The molecule has 0 spiro atoms. The van der Waals surface area contributed by atoms with Crippen LogP contribution < -0.4 is 4.74 Å². The van der Waals surface area contributed by atoms with E-state index in [2.05, 4.69) is 4.74 Å². The second kappa shape index (κ2) is 5.16. The number of hydrogen-bond donors (Lipinski definition) is 1. The first-order valence-corrected chi connectivity index (χ1v) is 4.63. The predicted octanol–water partition coefficient (Wildman–Crippen LogP) is 2.02. The van der Waals surface area contributed by atoms with Crippen molar-refractivity contribution in [2.75, 3.05) is 7.11 Å². The average molecular weight is 224 g/mol. The van der Waals surface area contributed by atoms with Gasteiger partial charge in [-0.2, -0.15) is 0 Å². The minimum absolute atomic E-state index is 0.313. The van der Waals surface area contributed by atoms with Gasteiger partial charge in [0.25, 0.3) is 0 Å². The second-order valence-corrected chi connectivity index (χ2v) is 3.19. The lowest BCUT2D eigenvalue weighted by Gasteiger charge is -2.07. The Hall–Kier alpha value is -2.04. The van der Waals surface area contributed by atoms with Gasteiger partial charge in [-0.05, 0) is 24.6 Å². The zero-order valence-electron chi connectivity index (χ0n) is 8.97. The van der Waals surface area contributed by atoms with Crippen LogP contribution in [-0.2, 0) is 9.53 Å². The van der Waals surface area contributed by atoms with Gasteiger partial charge in [-0.15, -0.1) is 0 Å². The largest absolute Gasteiger partial charge is 0.513 e. The number of carbonyl (C=O) groups excluding carboxylic acids is 1. The van der Waals surface area contributed by atoms with Crippen LogP contribution in [0.5, 0.6) is 5.75 Å². The second-order valence-electron chi connectivity index (χ2n) is 3.19. The zero-order chi connectivity index (χ0) is 12.1. The molecule has 86 valence electrons. The molecule has 0 aliphatic heterocycles. The van der Waals surface area contributed by atoms with Gasteiger partial charge in [0.05, 0.1) is 13.0 Å². The topological polar surface area (TPSA) is 72.8 Å². The molecule has 0 bridgehead atoms. The summed E-state index contributed by atoms with van der Waals surface area (Å²) in [7, 11) is 1.21. The molecule has 0 heterocycles. The van der Waals surface area contributed by atoms with Crippen LogP contribution in [-0.4, -0.2) is 24.3 Å². The third kappa shape index (κ3) is 2.98. The Morgan fingerprint density at radius 2 is 1.81 bits per heavy atom. The van der Waals surface area contributed by atoms with E-state index < -0.39 is 18.0 Å². The lowest BCUT2D eigenvalue weighted by Crippen LogP contribution is -2.09. The average Bonchev–Trinajstić information content (AvgIpc) is 2.28. The Balaban J connectivity index is 2.75. The van der Waals surface area contributed by atoms with E-state index in [-0.39, 0.29) is 0 Å². The fourth-order valence-corrected chi connectivity index (χ4v) is 1.11. The highest BCUT2D eigenvalue weighted by Crippen LogP contribution is 2.19. The smallest absolute Gasteiger partial charge is 0.481 e. The minimum atomic E-state index is -0.901. The van der Waals surface area contributed by atoms with Crippen molar-refractivity contribution in [2.24, 2.45) is 0 Å². The molecular formula is C11H12O5. The number of methoxy groups -OCH3 is 1. The predicted molar refractivity (Wildman–Crippen MR) is 55.5 cm³/mol. The maximum atomic E-state index is 10.8. The molecule has 1 aromatic rings. The summed E-state index contributed by atoms with van der Waals surface area (Å²) in [5.41, 5.74) is 0.643. The number of ether oxygens (including phenoxy) is 2. The fraction of sp³-hybridized carbons (Fsp3) is 0.273. The molecule has 0 fully saturated rings. The molecule has 1 unspecified atom stereocenters. The van der Waals surface area contributed by atoms with Gasteiger partial charge in [0, 0.05) is 0 Å². The quantitative estimate of drug-likeness (QED) is 0.628. The van der Waals surface area contributed by atoms with Crippen LogP contribution in [0, 0.1) is 0 Å². The van der Waals surface area contributed by atoms with Gasteiger partial charge >= 0.3 is 12.1 Å². The van der Waals surface area contributed by atoms with E-state index in [1.165, 1.54) is 19.2 Å². The van der Waals surface area contributed by atoms with Crippen molar-refractivity contribution >= 4 is 12.1 Å². The first-order valence-electron chi connectivity index (χ1n) is 4.63. The van der Waals surface area contributed by atoms with Crippen molar-refractivity contribution in [3.8, 4) is 5.75 Å². The summed E-state index contributed by atoms with van der Waals surface area (Å²) in [5.74, 6) is -1.18. The molecule has 0 saturated heterocycles. The number of hydrogen-bond acceptors (Lipinski definition) is 4. The van der Waals surface area contributed by atoms with Gasteiger partial charge in [-0.3, -0.25) is 4.79 Å². The van der Waals surface area contributed by atoms with E-state index in [9.17, 15) is 9.59 Å². The van der Waals surface area contributed by atoms with Crippen molar-refractivity contribution < 1.29 is 24.2 Å². The Kier molecular flexibility index (Phi) is 3.88. The first-order chi connectivity index (χ1) is 7.54. The molecule has 1 rings (SSSR count). The zero-order valence-corrected chi connectivity index (χ0v) is 8.97. The van der Waals surface area contributed by atoms with Crippen molar-refractivity contribution in [1.29, 1.82) is 0 Å². The van der Waals surface area contributed by atoms with E-state index >= 15 is 0 Å². The van der Waals surface area contributed by atoms with E-state index in [0.717, 1.165) is 0 Å². The normalized spacial score (nSPS) is 11.6. The van der Waals surface area contributed by atoms with Crippen molar-refractivity contribution in [3.05, 3.63) is 29.8 Å². The monoisotopic (exact) mass is 224 g/mol. The summed E-state index contributed by atoms with van der Waals surface area (Å²) >= 11 is 0. The van der Waals surface area contributed by atoms with Gasteiger partial charge < -0.3 is 14.6 Å². The lowest BCUT2D eigenvalue weighted by molar-refractivity contribution is -0.138. The number of benzene rings is 1. The molecule has 0 amide bonds. The van der Waals surface area contributed by atoms with E-state index in [1.807, 2.05) is 0 Å². The van der Waals surface area contributed by atoms with Gasteiger partial charge in [-0.25, -0.2) is 4.79 Å². The first kappa shape index (κ1) is 12.0. The van der Waals surface area contributed by atoms with Crippen molar-refractivity contribution in [3.63, 3.8) is 0 Å². The van der Waals surface area contributed by atoms with E-state index in [0.29, 0.717) is 11.3 Å². The maximum absolute atomic E-state index is 10.8. The molecule has 1 atom stereocenters. The summed E-state index contributed by atoms with van der Waals surface area (Å²) in [5, 5.41) is 8.78. The molecule has 0 aromatic heterocycles. The van der Waals surface area contributed by atoms with Crippen molar-refractivity contribution in [2.45, 2.75) is 12.8 Å². The Labute approximate surface area is 92.6 Å². The third-order valence-corrected chi connectivity index (χ3v) is 2.12. The fourth-order valence-electron chi connectivity index (χ4n) is 1.11. The van der Waals surface area contributed by atoms with Crippen LogP contribution in [0.15, 0.2) is 24.3 Å². The van der Waals surface area contributed by atoms with Gasteiger partial charge in [0.15, 0.2) is 0 Å². The standard InChI is InChI=1S/C11H12O5/c1-7(10(12)13)8-3-5-9(6-4-8)16-11(14)15-2/h3-7H,1-2H3,(H,12,13). The molecule has 1 N–H and O–H groups in total. The van der Waals surface area contributed by atoms with Crippen LogP contribution in [0.25, 0.3) is 0 Å². The lowest BCUT2D eigenvalue weighted by atomic mass is 10.0. The van der Waals surface area contributed by atoms with E-state index in [4.69, 9.17) is 9.84 Å². The summed E-state index contributed by atoms with van der Waals surface area (Å²) in [4.78, 5) is 21.5. The maximum Gasteiger partial charge on any atom is 0.513 e. The van der Waals surface area contributed by atoms with Crippen molar-refractivity contribution in [1.82, 2.24) is 0 Å². The highest BCUT2D eigenvalue weighted by molar-refractivity contribution is 5.75. The number of rotatable bonds is 3. The van der Waals surface area contributed by atoms with Crippen LogP contribution in [0.2, 0.25) is 0 Å². The molecule has 1 aromatic carbocycles. The van der Waals surface area contributed by atoms with Gasteiger partial charge in [0.2, 0.25) is 0 Å². The SMILES string of the molecule is COC(=O)Oc1ccc(C(C)C(=O)O)cc1. The number of carboxylic acids is 1. The molecule has 5 nitrogen and oxygen atoms in total. The molecule has 16 heavy (non-hydrogen) atoms. The third-order valence-electron chi connectivity index (χ3n) is 2.12. The molecule has 0 radical (unpaired) electrons. The molecule has 0 aliphatic rings. The molecular weight excluding hydrogens is 212 g/mol. The Bertz CT molecular complexity index is 382. The molecule has 0 saturated carbocycles. The molecule has 5 heteroatoms. The number of carboxylic acid groups (broad SMARTS) is 1. The Morgan fingerprint density at radius 3 is 2.25 bits per heavy atom. The van der Waals surface area contributed by atoms with E-state index in [1.54, 1.807) is 19.1 Å². The van der Waals surface area contributed by atoms with Crippen LogP contribution in [0.1, 0.15) is 18.4 Å². The van der Waals surface area contributed by atoms with Crippen LogP contribution in [0.3, 0.4) is 0 Å². The summed E-state index contributed by atoms with van der Waals surface area (Å²) < 4.78 is 9.06. The summed E-state index contributed by atoms with van der Waals surface area (Å²) in [6.45, 7) is 1.58. The highest BCUT2D eigenvalue weighted by Gasteiger charge is 2.13. The summed E-state index contributed by atoms with van der Waals surface area (Å²) in [6.07, 6.45) is -0.806. The van der Waals surface area contributed by atoms with Gasteiger partial charge in [-0.1, -0.05) is 12.1 Å². The summed E-state index contributed by atoms with van der Waals surface area (Å²) in [6, 6.07) is 6.23. The number of aliphatic carboxylic acids is 1. The minimum Gasteiger partial charge on any atom is -0.481 e. The van der Waals surface area contributed by atoms with Gasteiger partial charge in [0.1, 0.15) is 5.75 Å².